The molecule has 0 radical (unpaired) electrons. The van der Waals surface area contributed by atoms with Gasteiger partial charge in [-0.15, -0.1) is 11.3 Å². The maximum absolute atomic E-state index is 10.4. The minimum absolute atomic E-state index is 0.672. The molecule has 10 rings (SSSR count). The molecule has 0 saturated heterocycles. The molecule has 1 aliphatic rings. The molecule has 1 aliphatic carbocycles. The van der Waals surface area contributed by atoms with Crippen LogP contribution in [0.15, 0.2) is 133 Å². The molecule has 0 saturated carbocycles. The molecule has 6 aromatic carbocycles. The Kier molecular flexibility index (Phi) is 5.64. The van der Waals surface area contributed by atoms with Crippen LogP contribution in [0.4, 0.5) is 0 Å². The summed E-state index contributed by atoms with van der Waals surface area (Å²) in [7, 11) is 0. The maximum Gasteiger partial charge on any atom is 0.0998 e. The number of nitriles is 1. The zero-order valence-corrected chi connectivity index (χ0v) is 26.3. The minimum atomic E-state index is 0.672. The molecule has 0 N–H and O–H groups in total. The van der Waals surface area contributed by atoms with E-state index in [1.807, 2.05) is 17.4 Å². The Bertz CT molecular complexity index is 2800. The van der Waals surface area contributed by atoms with Crippen LogP contribution in [0.1, 0.15) is 23.2 Å². The standard InChI is InChI=1S/C43H27N3S/c44-26-28-23-30(46-38-13-5-1-9-32(38)33-10-2-6-14-39(33)46)21-22-31(28)27-17-19-29(20-18-27)45-40-15-7-3-11-34(40)36-24-37-35-12-4-8-16-42(35)47-43(37)25-41(36)45/h1,3-9,11-25H,2,10H2. The van der Waals surface area contributed by atoms with Gasteiger partial charge in [0.05, 0.1) is 28.2 Å². The number of allylic oxidation sites excluding steroid dienone is 1. The molecule has 9 aromatic rings. The summed E-state index contributed by atoms with van der Waals surface area (Å²) in [6.45, 7) is 0. The Balaban J connectivity index is 1.10. The molecule has 47 heavy (non-hydrogen) atoms. The van der Waals surface area contributed by atoms with Crippen LogP contribution in [0.5, 0.6) is 0 Å². The summed E-state index contributed by atoms with van der Waals surface area (Å²) >= 11 is 1.85. The third-order valence-electron chi connectivity index (χ3n) is 9.85. The lowest BCUT2D eigenvalue weighted by molar-refractivity contribution is 0.967. The van der Waals surface area contributed by atoms with Gasteiger partial charge in [-0.2, -0.15) is 5.26 Å². The van der Waals surface area contributed by atoms with Crippen LogP contribution >= 0.6 is 11.3 Å². The van der Waals surface area contributed by atoms with Crippen molar-refractivity contribution in [2.24, 2.45) is 0 Å². The van der Waals surface area contributed by atoms with Crippen LogP contribution in [0, 0.1) is 11.3 Å². The highest BCUT2D eigenvalue weighted by Gasteiger charge is 2.20. The Hall–Kier alpha value is -5.89. The first-order valence-electron chi connectivity index (χ1n) is 16.1. The molecule has 0 bridgehead atoms. The second-order valence-corrected chi connectivity index (χ2v) is 13.4. The van der Waals surface area contributed by atoms with Crippen molar-refractivity contribution in [2.75, 3.05) is 0 Å². The summed E-state index contributed by atoms with van der Waals surface area (Å²) in [5.41, 5.74) is 11.0. The zero-order valence-electron chi connectivity index (χ0n) is 25.4. The van der Waals surface area contributed by atoms with Gasteiger partial charge in [-0.05, 0) is 90.2 Å². The Morgan fingerprint density at radius 3 is 2.13 bits per heavy atom. The molecular formula is C43H27N3S. The number of fused-ring (bicyclic) bond motifs is 9. The summed E-state index contributed by atoms with van der Waals surface area (Å²) in [6, 6.07) is 48.2. The van der Waals surface area contributed by atoms with Crippen LogP contribution in [0.25, 0.3) is 81.5 Å². The van der Waals surface area contributed by atoms with Crippen molar-refractivity contribution in [1.82, 2.24) is 9.13 Å². The minimum Gasteiger partial charge on any atom is -0.310 e. The third kappa shape index (κ3) is 3.84. The maximum atomic E-state index is 10.4. The fraction of sp³-hybridized carbons (Fsp3) is 0.0465. The first kappa shape index (κ1) is 26.3. The average molecular weight is 618 g/mol. The van der Waals surface area contributed by atoms with Crippen molar-refractivity contribution in [2.45, 2.75) is 12.8 Å². The van der Waals surface area contributed by atoms with Crippen LogP contribution in [-0.2, 0) is 6.42 Å². The quantitative estimate of drug-likeness (QED) is 0.194. The van der Waals surface area contributed by atoms with Crippen molar-refractivity contribution in [3.05, 3.63) is 150 Å². The van der Waals surface area contributed by atoms with Crippen LogP contribution in [0.3, 0.4) is 0 Å². The van der Waals surface area contributed by atoms with Crippen molar-refractivity contribution < 1.29 is 0 Å². The number of rotatable bonds is 3. The average Bonchev–Trinajstić information content (AvgIpc) is 3.78. The Labute approximate surface area is 275 Å². The van der Waals surface area contributed by atoms with E-state index in [0.29, 0.717) is 5.56 Å². The van der Waals surface area contributed by atoms with Gasteiger partial charge < -0.3 is 9.13 Å². The summed E-state index contributed by atoms with van der Waals surface area (Å²) in [5, 5.41) is 16.8. The number of hydrogen-bond acceptors (Lipinski definition) is 2. The van der Waals surface area contributed by atoms with Gasteiger partial charge in [-0.1, -0.05) is 78.9 Å². The van der Waals surface area contributed by atoms with E-state index in [1.165, 1.54) is 64.1 Å². The monoisotopic (exact) mass is 617 g/mol. The van der Waals surface area contributed by atoms with E-state index in [9.17, 15) is 5.26 Å². The highest BCUT2D eigenvalue weighted by Crippen LogP contribution is 2.41. The van der Waals surface area contributed by atoms with E-state index in [2.05, 4.69) is 149 Å². The normalized spacial score (nSPS) is 12.8. The zero-order chi connectivity index (χ0) is 31.1. The van der Waals surface area contributed by atoms with E-state index in [-0.39, 0.29) is 0 Å². The molecule has 220 valence electrons. The van der Waals surface area contributed by atoms with Gasteiger partial charge in [0.1, 0.15) is 0 Å². The molecule has 0 fully saturated rings. The molecule has 0 unspecified atom stereocenters. The fourth-order valence-electron chi connectivity index (χ4n) is 7.74. The molecule has 0 aliphatic heterocycles. The van der Waals surface area contributed by atoms with Gasteiger partial charge in [0.2, 0.25) is 0 Å². The van der Waals surface area contributed by atoms with Crippen molar-refractivity contribution >= 4 is 70.3 Å². The fourth-order valence-corrected chi connectivity index (χ4v) is 8.86. The Morgan fingerprint density at radius 1 is 0.574 bits per heavy atom. The molecule has 0 atom stereocenters. The molecule has 0 spiro atoms. The van der Waals surface area contributed by atoms with Gasteiger partial charge in [0.25, 0.3) is 0 Å². The van der Waals surface area contributed by atoms with Gasteiger partial charge in [0, 0.05) is 53.4 Å². The summed E-state index contributed by atoms with van der Waals surface area (Å²) in [5.74, 6) is 0. The van der Waals surface area contributed by atoms with Crippen LogP contribution in [-0.4, -0.2) is 9.13 Å². The number of hydrogen-bond donors (Lipinski definition) is 0. The predicted octanol–water partition coefficient (Wildman–Crippen LogP) is 11.6. The lowest BCUT2D eigenvalue weighted by atomic mass is 9.99. The molecule has 4 heteroatoms. The second-order valence-electron chi connectivity index (χ2n) is 12.4. The number of para-hydroxylation sites is 2. The molecular weight excluding hydrogens is 591 g/mol. The summed E-state index contributed by atoms with van der Waals surface area (Å²) < 4.78 is 7.30. The Morgan fingerprint density at radius 2 is 1.30 bits per heavy atom. The number of aryl methyl sites for hydroxylation is 1. The molecule has 0 amide bonds. The van der Waals surface area contributed by atoms with E-state index in [1.54, 1.807) is 0 Å². The van der Waals surface area contributed by atoms with Gasteiger partial charge in [0.15, 0.2) is 0 Å². The summed E-state index contributed by atoms with van der Waals surface area (Å²) in [4.78, 5) is 0. The van der Waals surface area contributed by atoms with E-state index >= 15 is 0 Å². The molecule has 3 heterocycles. The predicted molar refractivity (Wildman–Crippen MR) is 198 cm³/mol. The summed E-state index contributed by atoms with van der Waals surface area (Å²) in [6.07, 6.45) is 6.58. The van der Waals surface area contributed by atoms with Crippen LogP contribution in [0.2, 0.25) is 0 Å². The number of aromatic nitrogens is 2. The molecule has 3 nitrogen and oxygen atoms in total. The first-order valence-corrected chi connectivity index (χ1v) is 16.9. The highest BCUT2D eigenvalue weighted by atomic mass is 32.1. The van der Waals surface area contributed by atoms with Crippen molar-refractivity contribution in [1.29, 1.82) is 5.26 Å². The van der Waals surface area contributed by atoms with E-state index < -0.39 is 0 Å². The van der Waals surface area contributed by atoms with Gasteiger partial charge in [-0.3, -0.25) is 0 Å². The van der Waals surface area contributed by atoms with Gasteiger partial charge in [-0.25, -0.2) is 0 Å². The number of nitrogens with zero attached hydrogens (tertiary/aromatic N) is 3. The second kappa shape index (κ2) is 10.1. The highest BCUT2D eigenvalue weighted by molar-refractivity contribution is 7.25. The largest absolute Gasteiger partial charge is 0.310 e. The van der Waals surface area contributed by atoms with Gasteiger partial charge >= 0.3 is 0 Å². The SMILES string of the molecule is N#Cc1cc(-n2c3c(c4ccccc42)CCC=C3)ccc1-c1ccc(-n2c3ccccc3c3cc4c(cc32)sc2ccccc24)cc1. The topological polar surface area (TPSA) is 33.6 Å². The van der Waals surface area contributed by atoms with Crippen LogP contribution < -0.4 is 0 Å². The van der Waals surface area contributed by atoms with Crippen molar-refractivity contribution in [3.8, 4) is 28.6 Å². The van der Waals surface area contributed by atoms with E-state index in [0.717, 1.165) is 35.3 Å². The third-order valence-corrected chi connectivity index (χ3v) is 11.0. The smallest absolute Gasteiger partial charge is 0.0998 e. The number of thiophene rings is 1. The first-order chi connectivity index (χ1) is 23.3. The lowest BCUT2D eigenvalue weighted by Gasteiger charge is -2.14. The van der Waals surface area contributed by atoms with Crippen molar-refractivity contribution in [3.63, 3.8) is 0 Å². The van der Waals surface area contributed by atoms with E-state index in [4.69, 9.17) is 0 Å². The lowest BCUT2D eigenvalue weighted by Crippen LogP contribution is -2.01. The number of benzene rings is 6. The molecule has 3 aromatic heterocycles.